The van der Waals surface area contributed by atoms with Gasteiger partial charge in [0.15, 0.2) is 5.84 Å². The molecule has 2 rings (SSSR count). The van der Waals surface area contributed by atoms with Gasteiger partial charge in [0.25, 0.3) is 0 Å². The molecule has 0 fully saturated rings. The zero-order valence-electron chi connectivity index (χ0n) is 10.6. The molecule has 0 saturated heterocycles. The van der Waals surface area contributed by atoms with Crippen LogP contribution in [0.3, 0.4) is 0 Å². The van der Waals surface area contributed by atoms with E-state index in [1.165, 1.54) is 0 Å². The van der Waals surface area contributed by atoms with Crippen molar-refractivity contribution in [3.8, 4) is 0 Å². The van der Waals surface area contributed by atoms with Crippen LogP contribution in [0.25, 0.3) is 0 Å². The molecule has 0 unspecified atom stereocenters. The maximum atomic E-state index is 8.80. The largest absolute Gasteiger partial charge is 0.409 e. The van der Waals surface area contributed by atoms with Crippen LogP contribution in [-0.4, -0.2) is 28.1 Å². The van der Waals surface area contributed by atoms with Gasteiger partial charge in [0.05, 0.1) is 11.9 Å². The van der Waals surface area contributed by atoms with Crippen molar-refractivity contribution in [1.29, 1.82) is 0 Å². The first kappa shape index (κ1) is 12.8. The normalized spacial score (nSPS) is 11.3. The van der Waals surface area contributed by atoms with Gasteiger partial charge in [-0.2, -0.15) is 0 Å². The average molecular weight is 257 g/mol. The second-order valence-electron chi connectivity index (χ2n) is 4.09. The summed E-state index contributed by atoms with van der Waals surface area (Å²) in [6, 6.07) is 5.60. The predicted molar refractivity (Wildman–Crippen MR) is 73.1 cm³/mol. The Balaban J connectivity index is 2.27. The number of oxime groups is 1. The molecule has 2 heterocycles. The fourth-order valence-corrected chi connectivity index (χ4v) is 1.81. The lowest BCUT2D eigenvalue weighted by Crippen LogP contribution is -2.22. The lowest BCUT2D eigenvalue weighted by molar-refractivity contribution is 0.318. The van der Waals surface area contributed by atoms with E-state index >= 15 is 0 Å². The summed E-state index contributed by atoms with van der Waals surface area (Å²) in [5.74, 6) is 0.0685. The minimum Gasteiger partial charge on any atom is -0.409 e. The van der Waals surface area contributed by atoms with Crippen LogP contribution in [0.15, 0.2) is 48.1 Å². The van der Waals surface area contributed by atoms with Crippen LogP contribution in [0.1, 0.15) is 11.1 Å². The molecule has 0 saturated carbocycles. The third kappa shape index (κ3) is 2.98. The number of amidine groups is 1. The Bertz CT molecular complexity index is 570. The number of pyridine rings is 2. The van der Waals surface area contributed by atoms with Gasteiger partial charge in [0.2, 0.25) is 0 Å². The summed E-state index contributed by atoms with van der Waals surface area (Å²) in [4.78, 5) is 10.0. The summed E-state index contributed by atoms with van der Waals surface area (Å²) >= 11 is 0. The van der Waals surface area contributed by atoms with E-state index in [4.69, 9.17) is 10.9 Å². The van der Waals surface area contributed by atoms with Gasteiger partial charge in [-0.3, -0.25) is 9.97 Å². The average Bonchev–Trinajstić information content (AvgIpc) is 2.47. The highest BCUT2D eigenvalue weighted by Crippen LogP contribution is 2.19. The van der Waals surface area contributed by atoms with Crippen molar-refractivity contribution >= 4 is 11.5 Å². The number of nitrogens with two attached hydrogens (primary N) is 1. The molecule has 0 atom stereocenters. The van der Waals surface area contributed by atoms with E-state index in [1.54, 1.807) is 30.9 Å². The van der Waals surface area contributed by atoms with Gasteiger partial charge in [-0.1, -0.05) is 5.16 Å². The molecular formula is C13H15N5O. The van der Waals surface area contributed by atoms with Crippen molar-refractivity contribution in [2.75, 3.05) is 11.9 Å². The van der Waals surface area contributed by atoms with Gasteiger partial charge in [-0.15, -0.1) is 0 Å². The van der Waals surface area contributed by atoms with Gasteiger partial charge >= 0.3 is 0 Å². The highest BCUT2D eigenvalue weighted by Gasteiger charge is 2.11. The van der Waals surface area contributed by atoms with Crippen molar-refractivity contribution in [2.45, 2.75) is 6.54 Å². The third-order valence-corrected chi connectivity index (χ3v) is 2.76. The zero-order valence-corrected chi connectivity index (χ0v) is 10.6. The highest BCUT2D eigenvalue weighted by atomic mass is 16.4. The lowest BCUT2D eigenvalue weighted by atomic mass is 10.2. The Morgan fingerprint density at radius 3 is 2.63 bits per heavy atom. The van der Waals surface area contributed by atoms with Crippen LogP contribution in [-0.2, 0) is 6.54 Å². The molecule has 0 radical (unpaired) electrons. The maximum absolute atomic E-state index is 8.80. The number of aromatic nitrogens is 2. The first-order valence-corrected chi connectivity index (χ1v) is 5.74. The smallest absolute Gasteiger partial charge is 0.172 e. The van der Waals surface area contributed by atoms with Crippen LogP contribution in [0, 0.1) is 0 Å². The van der Waals surface area contributed by atoms with Crippen molar-refractivity contribution in [3.63, 3.8) is 0 Å². The summed E-state index contributed by atoms with van der Waals surface area (Å²) in [5, 5.41) is 11.8. The van der Waals surface area contributed by atoms with Crippen molar-refractivity contribution < 1.29 is 5.21 Å². The molecule has 2 aromatic heterocycles. The fourth-order valence-electron chi connectivity index (χ4n) is 1.81. The van der Waals surface area contributed by atoms with E-state index in [2.05, 4.69) is 15.1 Å². The summed E-state index contributed by atoms with van der Waals surface area (Å²) in [6.45, 7) is 0.680. The van der Waals surface area contributed by atoms with E-state index < -0.39 is 0 Å². The molecule has 0 aliphatic carbocycles. The van der Waals surface area contributed by atoms with Crippen molar-refractivity contribution in [3.05, 3.63) is 54.1 Å². The second kappa shape index (κ2) is 5.81. The first-order chi connectivity index (χ1) is 9.22. The molecule has 3 N–H and O–H groups in total. The van der Waals surface area contributed by atoms with Crippen LogP contribution >= 0.6 is 0 Å². The molecule has 0 amide bonds. The Morgan fingerprint density at radius 1 is 1.26 bits per heavy atom. The van der Waals surface area contributed by atoms with E-state index in [-0.39, 0.29) is 5.84 Å². The second-order valence-corrected chi connectivity index (χ2v) is 4.09. The molecule has 6 nitrogen and oxygen atoms in total. The van der Waals surface area contributed by atoms with Crippen LogP contribution in [0.5, 0.6) is 0 Å². The number of hydrogen-bond donors (Lipinski definition) is 2. The third-order valence-electron chi connectivity index (χ3n) is 2.76. The number of anilines is 1. The van der Waals surface area contributed by atoms with Crippen molar-refractivity contribution in [1.82, 2.24) is 9.97 Å². The minimum absolute atomic E-state index is 0.0685. The van der Waals surface area contributed by atoms with Gasteiger partial charge in [0.1, 0.15) is 0 Å². The van der Waals surface area contributed by atoms with Crippen LogP contribution in [0.2, 0.25) is 0 Å². The molecule has 0 bridgehead atoms. The maximum Gasteiger partial charge on any atom is 0.172 e. The Hall–Kier alpha value is -2.63. The molecule has 0 aromatic carbocycles. The van der Waals surface area contributed by atoms with E-state index in [9.17, 15) is 0 Å². The SMILES string of the molecule is CN(Cc1ccncc1)c1cnccc1/C(N)=N/O. The van der Waals surface area contributed by atoms with Crippen molar-refractivity contribution in [2.24, 2.45) is 10.9 Å². The molecule has 98 valence electrons. The van der Waals surface area contributed by atoms with Gasteiger partial charge in [-0.05, 0) is 23.8 Å². The number of nitrogens with zero attached hydrogens (tertiary/aromatic N) is 4. The Labute approximate surface area is 111 Å². The summed E-state index contributed by atoms with van der Waals surface area (Å²) < 4.78 is 0. The molecular weight excluding hydrogens is 242 g/mol. The first-order valence-electron chi connectivity index (χ1n) is 5.74. The quantitative estimate of drug-likeness (QED) is 0.372. The highest BCUT2D eigenvalue weighted by molar-refractivity contribution is 6.01. The topological polar surface area (TPSA) is 87.6 Å². The monoisotopic (exact) mass is 257 g/mol. The lowest BCUT2D eigenvalue weighted by Gasteiger charge is -2.21. The number of rotatable bonds is 4. The van der Waals surface area contributed by atoms with Gasteiger partial charge < -0.3 is 15.8 Å². The van der Waals surface area contributed by atoms with Crippen LogP contribution < -0.4 is 10.6 Å². The number of hydrogen-bond acceptors (Lipinski definition) is 5. The molecule has 0 spiro atoms. The van der Waals surface area contributed by atoms with E-state index in [0.717, 1.165) is 11.3 Å². The van der Waals surface area contributed by atoms with Gasteiger partial charge in [0, 0.05) is 37.7 Å². The minimum atomic E-state index is 0.0685. The van der Waals surface area contributed by atoms with E-state index in [1.807, 2.05) is 24.1 Å². The molecule has 0 aliphatic rings. The van der Waals surface area contributed by atoms with Crippen LogP contribution in [0.4, 0.5) is 5.69 Å². The Kier molecular flexibility index (Phi) is 3.92. The zero-order chi connectivity index (χ0) is 13.7. The molecule has 0 aliphatic heterocycles. The summed E-state index contributed by atoms with van der Waals surface area (Å²) in [7, 11) is 1.92. The summed E-state index contributed by atoms with van der Waals surface area (Å²) in [5.41, 5.74) is 8.23. The molecule has 19 heavy (non-hydrogen) atoms. The summed E-state index contributed by atoms with van der Waals surface area (Å²) in [6.07, 6.45) is 6.79. The standard InChI is InChI=1S/C13H15N5O/c1-18(9-10-2-5-15-6-3-10)12-8-16-7-4-11(12)13(14)17-19/h2-8,19H,9H2,1H3,(H2,14,17). The Morgan fingerprint density at radius 2 is 1.95 bits per heavy atom. The van der Waals surface area contributed by atoms with E-state index in [0.29, 0.717) is 12.1 Å². The predicted octanol–water partition coefficient (Wildman–Crippen LogP) is 1.21. The molecule has 2 aromatic rings. The fraction of sp³-hybridized carbons (Fsp3) is 0.154. The molecule has 6 heteroatoms. The van der Waals surface area contributed by atoms with Gasteiger partial charge in [-0.25, -0.2) is 0 Å².